The van der Waals surface area contributed by atoms with Crippen LogP contribution in [0.1, 0.15) is 35.0 Å². The van der Waals surface area contributed by atoms with Crippen molar-refractivity contribution in [1.29, 1.82) is 0 Å². The molecule has 3 aliphatic rings. The highest BCUT2D eigenvalue weighted by molar-refractivity contribution is 6.31. The molecule has 1 aromatic heterocycles. The number of nitrogens with zero attached hydrogens (tertiary/aromatic N) is 2. The standard InChI is InChI=1S/C26H21Cl2FN4O2/c1-13-5-7-17(29)11-18(13)23-26(19-8-6-16(28)10-21(19)30-24(26)34)20(14-3-2-4-15(27)9-14)12-22-31-32-25(35)33(22)23/h2-8,10-11,14,20,23H,9,12H2,1H3,(H,30,34)(H,32,35)/t14?,20-,23-,26+/m1/s1. The van der Waals surface area contributed by atoms with Gasteiger partial charge in [0.25, 0.3) is 0 Å². The first-order valence-corrected chi connectivity index (χ1v) is 12.1. The minimum Gasteiger partial charge on any atom is -0.325 e. The number of aromatic nitrogens is 3. The van der Waals surface area contributed by atoms with Crippen LogP contribution in [0, 0.1) is 24.6 Å². The van der Waals surface area contributed by atoms with Crippen molar-refractivity contribution in [3.8, 4) is 0 Å². The van der Waals surface area contributed by atoms with Crippen LogP contribution >= 0.6 is 23.2 Å². The second-order valence-corrected chi connectivity index (χ2v) is 10.3. The zero-order valence-electron chi connectivity index (χ0n) is 18.7. The van der Waals surface area contributed by atoms with Crippen LogP contribution in [0.25, 0.3) is 0 Å². The third-order valence-corrected chi connectivity index (χ3v) is 8.14. The van der Waals surface area contributed by atoms with Gasteiger partial charge in [0, 0.05) is 22.2 Å². The predicted octanol–water partition coefficient (Wildman–Crippen LogP) is 5.02. The first-order valence-electron chi connectivity index (χ1n) is 11.4. The minimum absolute atomic E-state index is 0.114. The number of rotatable bonds is 2. The van der Waals surface area contributed by atoms with Crippen molar-refractivity contribution in [2.45, 2.75) is 31.2 Å². The van der Waals surface area contributed by atoms with Gasteiger partial charge in [-0.1, -0.05) is 47.5 Å². The van der Waals surface area contributed by atoms with Crippen LogP contribution in [-0.4, -0.2) is 20.7 Å². The number of allylic oxidation sites excluding steroid dienone is 4. The van der Waals surface area contributed by atoms with Crippen LogP contribution in [0.3, 0.4) is 0 Å². The summed E-state index contributed by atoms with van der Waals surface area (Å²) in [6.45, 7) is 1.85. The molecule has 1 unspecified atom stereocenters. The summed E-state index contributed by atoms with van der Waals surface area (Å²) in [7, 11) is 0. The lowest BCUT2D eigenvalue weighted by Crippen LogP contribution is -2.57. The molecule has 6 rings (SSSR count). The summed E-state index contributed by atoms with van der Waals surface area (Å²) in [5, 5.41) is 11.0. The van der Waals surface area contributed by atoms with Crippen LogP contribution < -0.4 is 11.0 Å². The fourth-order valence-electron chi connectivity index (χ4n) is 6.20. The van der Waals surface area contributed by atoms with Gasteiger partial charge in [-0.2, -0.15) is 5.10 Å². The van der Waals surface area contributed by atoms with Gasteiger partial charge >= 0.3 is 5.69 Å². The Morgan fingerprint density at radius 2 is 1.97 bits per heavy atom. The van der Waals surface area contributed by atoms with Crippen LogP contribution in [-0.2, 0) is 16.6 Å². The second kappa shape index (κ2) is 7.93. The first kappa shape index (κ1) is 22.3. The smallest absolute Gasteiger partial charge is 0.325 e. The van der Waals surface area contributed by atoms with E-state index in [1.807, 2.05) is 25.1 Å². The summed E-state index contributed by atoms with van der Waals surface area (Å²) >= 11 is 12.7. The summed E-state index contributed by atoms with van der Waals surface area (Å²) in [5.74, 6) is -0.616. The lowest BCUT2D eigenvalue weighted by molar-refractivity contribution is -0.125. The van der Waals surface area contributed by atoms with E-state index in [4.69, 9.17) is 23.2 Å². The molecule has 1 spiro atoms. The van der Waals surface area contributed by atoms with E-state index in [9.17, 15) is 14.0 Å². The zero-order valence-corrected chi connectivity index (χ0v) is 20.2. The molecule has 3 aromatic rings. The Kier molecular flexibility index (Phi) is 5.06. The molecule has 1 amide bonds. The van der Waals surface area contributed by atoms with Gasteiger partial charge in [0.2, 0.25) is 5.91 Å². The molecular formula is C26H21Cl2FN4O2. The average molecular weight is 511 g/mol. The van der Waals surface area contributed by atoms with Crippen LogP contribution in [0.2, 0.25) is 5.02 Å². The molecule has 3 heterocycles. The van der Waals surface area contributed by atoms with Gasteiger partial charge in [-0.15, -0.1) is 0 Å². The summed E-state index contributed by atoms with van der Waals surface area (Å²) in [6.07, 6.45) is 6.70. The van der Waals surface area contributed by atoms with Crippen molar-refractivity contribution in [2.75, 3.05) is 5.32 Å². The van der Waals surface area contributed by atoms with E-state index in [-0.39, 0.29) is 17.7 Å². The molecule has 4 atom stereocenters. The summed E-state index contributed by atoms with van der Waals surface area (Å²) in [4.78, 5) is 27.4. The van der Waals surface area contributed by atoms with E-state index < -0.39 is 23.0 Å². The molecule has 0 radical (unpaired) electrons. The molecule has 2 aliphatic heterocycles. The molecule has 35 heavy (non-hydrogen) atoms. The number of aromatic amines is 1. The number of H-pyrrole nitrogens is 1. The Morgan fingerprint density at radius 1 is 1.14 bits per heavy atom. The number of nitrogens with one attached hydrogen (secondary N) is 2. The number of halogens is 3. The molecule has 0 saturated carbocycles. The highest BCUT2D eigenvalue weighted by Crippen LogP contribution is 2.58. The van der Waals surface area contributed by atoms with Crippen molar-refractivity contribution in [3.63, 3.8) is 0 Å². The highest BCUT2D eigenvalue weighted by Gasteiger charge is 2.63. The Bertz CT molecular complexity index is 1510. The molecule has 2 aromatic carbocycles. The lowest BCUT2D eigenvalue weighted by Gasteiger charge is -2.49. The van der Waals surface area contributed by atoms with E-state index in [0.717, 1.165) is 11.1 Å². The maximum atomic E-state index is 14.7. The van der Waals surface area contributed by atoms with Crippen LogP contribution in [0.15, 0.2) is 64.5 Å². The van der Waals surface area contributed by atoms with E-state index >= 15 is 0 Å². The van der Waals surface area contributed by atoms with Crippen LogP contribution in [0.4, 0.5) is 10.1 Å². The number of hydrogen-bond donors (Lipinski definition) is 2. The number of aryl methyl sites for hydroxylation is 1. The molecular weight excluding hydrogens is 490 g/mol. The second-order valence-electron chi connectivity index (χ2n) is 9.41. The molecule has 9 heteroatoms. The normalized spacial score (nSPS) is 26.9. The lowest BCUT2D eigenvalue weighted by atomic mass is 9.56. The van der Waals surface area contributed by atoms with Gasteiger partial charge in [0.15, 0.2) is 0 Å². The Hall–Kier alpha value is -3.16. The van der Waals surface area contributed by atoms with Crippen molar-refractivity contribution in [3.05, 3.63) is 103 Å². The van der Waals surface area contributed by atoms with Crippen LogP contribution in [0.5, 0.6) is 0 Å². The third-order valence-electron chi connectivity index (χ3n) is 7.62. The van der Waals surface area contributed by atoms with Gasteiger partial charge in [-0.25, -0.2) is 14.3 Å². The van der Waals surface area contributed by atoms with E-state index in [1.54, 1.807) is 18.2 Å². The fourth-order valence-corrected chi connectivity index (χ4v) is 6.62. The minimum atomic E-state index is -1.23. The molecule has 0 saturated heterocycles. The van der Waals surface area contributed by atoms with E-state index in [0.29, 0.717) is 40.0 Å². The number of benzene rings is 2. The highest BCUT2D eigenvalue weighted by atomic mass is 35.5. The molecule has 6 nitrogen and oxygen atoms in total. The molecule has 1 aliphatic carbocycles. The molecule has 0 bridgehead atoms. The maximum absolute atomic E-state index is 14.7. The summed E-state index contributed by atoms with van der Waals surface area (Å²) in [5.41, 5.74) is 0.958. The average Bonchev–Trinajstić information content (AvgIpc) is 3.32. The maximum Gasteiger partial charge on any atom is 0.343 e. The van der Waals surface area contributed by atoms with Gasteiger partial charge < -0.3 is 5.32 Å². The monoisotopic (exact) mass is 510 g/mol. The van der Waals surface area contributed by atoms with E-state index in [1.165, 1.54) is 16.7 Å². The predicted molar refractivity (Wildman–Crippen MR) is 132 cm³/mol. The summed E-state index contributed by atoms with van der Waals surface area (Å²) in [6, 6.07) is 8.92. The topological polar surface area (TPSA) is 79.8 Å². The molecule has 178 valence electrons. The van der Waals surface area contributed by atoms with E-state index in [2.05, 4.69) is 21.6 Å². The number of fused-ring (bicyclic) bond motifs is 3. The first-order chi connectivity index (χ1) is 16.8. The van der Waals surface area contributed by atoms with Gasteiger partial charge in [-0.05, 0) is 72.2 Å². The van der Waals surface area contributed by atoms with Crippen molar-refractivity contribution < 1.29 is 9.18 Å². The van der Waals surface area contributed by atoms with Crippen molar-refractivity contribution in [2.24, 2.45) is 11.8 Å². The number of carbonyl (C=O) groups is 1. The van der Waals surface area contributed by atoms with Crippen molar-refractivity contribution >= 4 is 34.8 Å². The number of anilines is 1. The van der Waals surface area contributed by atoms with Gasteiger partial charge in [0.1, 0.15) is 17.1 Å². The van der Waals surface area contributed by atoms with Gasteiger partial charge in [-0.3, -0.25) is 9.36 Å². The quantitative estimate of drug-likeness (QED) is 0.507. The Labute approximate surface area is 210 Å². The van der Waals surface area contributed by atoms with Crippen molar-refractivity contribution in [1.82, 2.24) is 14.8 Å². The number of amides is 1. The molecule has 2 N–H and O–H groups in total. The Balaban J connectivity index is 1.72. The molecule has 0 fully saturated rings. The zero-order chi connectivity index (χ0) is 24.5. The fraction of sp³-hybridized carbons (Fsp3) is 0.269. The van der Waals surface area contributed by atoms with Gasteiger partial charge in [0.05, 0.1) is 6.04 Å². The SMILES string of the molecule is Cc1ccc(F)cc1[C@H]1n2c(n[nH]c2=O)C[C@H](C2C=CC=C(Cl)C2)[C@]12C(=O)Nc1cc(Cl)ccc12. The largest absolute Gasteiger partial charge is 0.343 e. The summed E-state index contributed by atoms with van der Waals surface area (Å²) < 4.78 is 16.2. The number of hydrogen-bond acceptors (Lipinski definition) is 3. The third kappa shape index (κ3) is 3.18. The Morgan fingerprint density at radius 3 is 2.77 bits per heavy atom. The number of carbonyl (C=O) groups excluding carboxylic acids is 1.